The molecule has 1 N–H and O–H groups in total. The van der Waals surface area contributed by atoms with Gasteiger partial charge in [-0.3, -0.25) is 14.5 Å². The van der Waals surface area contributed by atoms with Crippen molar-refractivity contribution in [1.82, 2.24) is 10.2 Å². The van der Waals surface area contributed by atoms with Crippen LogP contribution in [0.2, 0.25) is 0 Å². The van der Waals surface area contributed by atoms with Crippen LogP contribution < -0.4 is 5.32 Å². The van der Waals surface area contributed by atoms with Crippen molar-refractivity contribution in [3.8, 4) is 0 Å². The molecular formula is C12H20N2O4. The van der Waals surface area contributed by atoms with E-state index in [0.29, 0.717) is 13.0 Å². The van der Waals surface area contributed by atoms with Crippen LogP contribution in [0.1, 0.15) is 34.1 Å². The molecule has 2 unspecified atom stereocenters. The number of urea groups is 1. The van der Waals surface area contributed by atoms with Gasteiger partial charge in [0.2, 0.25) is 0 Å². The zero-order chi connectivity index (χ0) is 13.9. The average Bonchev–Trinajstić information content (AvgIpc) is 2.51. The third-order valence-corrected chi connectivity index (χ3v) is 3.29. The van der Waals surface area contributed by atoms with Crippen molar-refractivity contribution in [3.05, 3.63) is 0 Å². The molecule has 1 aliphatic rings. The number of rotatable bonds is 5. The number of esters is 1. The van der Waals surface area contributed by atoms with Gasteiger partial charge in [0.15, 0.2) is 0 Å². The van der Waals surface area contributed by atoms with Crippen molar-refractivity contribution in [1.29, 1.82) is 0 Å². The van der Waals surface area contributed by atoms with Crippen molar-refractivity contribution < 1.29 is 19.1 Å². The molecule has 1 heterocycles. The maximum absolute atomic E-state index is 12.2. The topological polar surface area (TPSA) is 75.7 Å². The van der Waals surface area contributed by atoms with Crippen LogP contribution in [0.25, 0.3) is 0 Å². The number of likely N-dealkylation sites (N-methyl/N-ethyl adjacent to an activating group) is 1. The Morgan fingerprint density at radius 1 is 1.39 bits per heavy atom. The van der Waals surface area contributed by atoms with E-state index in [2.05, 4.69) is 5.32 Å². The van der Waals surface area contributed by atoms with Crippen molar-refractivity contribution in [2.24, 2.45) is 5.92 Å². The number of imide groups is 1. The Labute approximate surface area is 107 Å². The van der Waals surface area contributed by atoms with E-state index in [1.807, 2.05) is 0 Å². The summed E-state index contributed by atoms with van der Waals surface area (Å²) in [6, 6.07) is -0.451. The first-order chi connectivity index (χ1) is 8.42. The van der Waals surface area contributed by atoms with Crippen LogP contribution in [0.5, 0.6) is 0 Å². The number of hydrogen-bond donors (Lipinski definition) is 1. The van der Waals surface area contributed by atoms with Crippen LogP contribution in [0.15, 0.2) is 0 Å². The number of hydrogen-bond acceptors (Lipinski definition) is 4. The van der Waals surface area contributed by atoms with Crippen molar-refractivity contribution in [3.63, 3.8) is 0 Å². The lowest BCUT2D eigenvalue weighted by Crippen LogP contribution is -2.53. The first-order valence-electron chi connectivity index (χ1n) is 6.23. The van der Waals surface area contributed by atoms with Crippen molar-refractivity contribution in [2.45, 2.75) is 39.7 Å². The summed E-state index contributed by atoms with van der Waals surface area (Å²) in [4.78, 5) is 36.9. The molecule has 0 aliphatic carbocycles. The van der Waals surface area contributed by atoms with E-state index in [1.54, 1.807) is 27.7 Å². The van der Waals surface area contributed by atoms with Gasteiger partial charge in [0.1, 0.15) is 5.54 Å². The molecule has 6 heteroatoms. The molecule has 3 amide bonds. The molecule has 0 radical (unpaired) electrons. The second kappa shape index (κ2) is 5.37. The van der Waals surface area contributed by atoms with E-state index >= 15 is 0 Å². The summed E-state index contributed by atoms with van der Waals surface area (Å²) in [7, 11) is 0. The first kappa shape index (κ1) is 14.5. The molecule has 1 saturated heterocycles. The lowest BCUT2D eigenvalue weighted by molar-refractivity contribution is -0.154. The highest BCUT2D eigenvalue weighted by Gasteiger charge is 2.54. The minimum atomic E-state index is -1.20. The van der Waals surface area contributed by atoms with Gasteiger partial charge in [0.25, 0.3) is 5.91 Å². The van der Waals surface area contributed by atoms with Crippen LogP contribution in [-0.4, -0.2) is 41.5 Å². The van der Waals surface area contributed by atoms with Crippen molar-refractivity contribution in [2.75, 3.05) is 13.2 Å². The fourth-order valence-electron chi connectivity index (χ4n) is 2.29. The van der Waals surface area contributed by atoms with E-state index in [4.69, 9.17) is 4.74 Å². The Bertz CT molecular complexity index is 369. The van der Waals surface area contributed by atoms with Gasteiger partial charge >= 0.3 is 12.0 Å². The number of carbonyl (C=O) groups excluding carboxylic acids is 3. The Morgan fingerprint density at radius 2 is 2.00 bits per heavy atom. The monoisotopic (exact) mass is 256 g/mol. The summed E-state index contributed by atoms with van der Waals surface area (Å²) in [5, 5.41) is 2.61. The lowest BCUT2D eigenvalue weighted by Gasteiger charge is -2.29. The number of amides is 3. The molecule has 1 rings (SSSR count). The first-order valence-corrected chi connectivity index (χ1v) is 6.23. The van der Waals surface area contributed by atoms with E-state index < -0.39 is 23.5 Å². The summed E-state index contributed by atoms with van der Waals surface area (Å²) in [5.74, 6) is -1.48. The average molecular weight is 256 g/mol. The number of ether oxygens (including phenoxy) is 1. The Morgan fingerprint density at radius 3 is 2.39 bits per heavy atom. The molecule has 0 bridgehead atoms. The second-order valence-electron chi connectivity index (χ2n) is 4.39. The highest BCUT2D eigenvalue weighted by atomic mass is 16.5. The van der Waals surface area contributed by atoms with Crippen LogP contribution in [0.4, 0.5) is 4.79 Å². The molecule has 0 spiro atoms. The van der Waals surface area contributed by atoms with Gasteiger partial charge in [0, 0.05) is 6.54 Å². The highest BCUT2D eigenvalue weighted by molar-refractivity contribution is 6.08. The molecule has 0 aromatic rings. The third-order valence-electron chi connectivity index (χ3n) is 3.29. The minimum absolute atomic E-state index is 0.255. The SMILES string of the molecule is CCOC(=O)C(CC)C1(C)NC(=O)N(CC)C1=O. The molecule has 1 aliphatic heterocycles. The summed E-state index contributed by atoms with van der Waals surface area (Å²) in [5.41, 5.74) is -1.20. The molecule has 102 valence electrons. The largest absolute Gasteiger partial charge is 0.466 e. The Kier molecular flexibility index (Phi) is 4.32. The lowest BCUT2D eigenvalue weighted by atomic mass is 9.83. The Hall–Kier alpha value is -1.59. The Balaban J connectivity index is 3.01. The predicted molar refractivity (Wildman–Crippen MR) is 64.7 cm³/mol. The number of nitrogens with zero attached hydrogens (tertiary/aromatic N) is 1. The molecule has 18 heavy (non-hydrogen) atoms. The van der Waals surface area contributed by atoms with Gasteiger partial charge in [-0.2, -0.15) is 0 Å². The van der Waals surface area contributed by atoms with Gasteiger partial charge < -0.3 is 10.1 Å². The molecule has 6 nitrogen and oxygen atoms in total. The fraction of sp³-hybridized carbons (Fsp3) is 0.750. The zero-order valence-electron chi connectivity index (χ0n) is 11.3. The van der Waals surface area contributed by atoms with Gasteiger partial charge in [-0.05, 0) is 27.2 Å². The number of nitrogens with one attached hydrogen (secondary N) is 1. The van der Waals surface area contributed by atoms with E-state index in [9.17, 15) is 14.4 Å². The van der Waals surface area contributed by atoms with Gasteiger partial charge in [-0.25, -0.2) is 4.79 Å². The normalized spacial score (nSPS) is 25.0. The standard InChI is InChI=1S/C12H20N2O4/c1-5-8(9(15)18-7-3)12(4)10(16)14(6-2)11(17)13-12/h8H,5-7H2,1-4H3,(H,13,17). The van der Waals surface area contributed by atoms with Crippen molar-refractivity contribution >= 4 is 17.9 Å². The van der Waals surface area contributed by atoms with Crippen LogP contribution >= 0.6 is 0 Å². The quantitative estimate of drug-likeness (QED) is 0.586. The summed E-state index contributed by atoms with van der Waals surface area (Å²) in [6.45, 7) is 7.34. The maximum atomic E-state index is 12.2. The maximum Gasteiger partial charge on any atom is 0.325 e. The third kappa shape index (κ3) is 2.19. The molecule has 0 aromatic carbocycles. The van der Waals surface area contributed by atoms with Gasteiger partial charge in [-0.15, -0.1) is 0 Å². The zero-order valence-corrected chi connectivity index (χ0v) is 11.3. The van der Waals surface area contributed by atoms with Crippen LogP contribution in [0.3, 0.4) is 0 Å². The molecule has 0 saturated carbocycles. The second-order valence-corrected chi connectivity index (χ2v) is 4.39. The summed E-state index contributed by atoms with van der Waals surface area (Å²) < 4.78 is 4.96. The number of carbonyl (C=O) groups is 3. The van der Waals surface area contributed by atoms with E-state index in [-0.39, 0.29) is 12.5 Å². The van der Waals surface area contributed by atoms with Crippen LogP contribution in [-0.2, 0) is 14.3 Å². The fourth-order valence-corrected chi connectivity index (χ4v) is 2.29. The van der Waals surface area contributed by atoms with Gasteiger partial charge in [0.05, 0.1) is 12.5 Å². The predicted octanol–water partition coefficient (Wildman–Crippen LogP) is 0.906. The molecular weight excluding hydrogens is 236 g/mol. The minimum Gasteiger partial charge on any atom is -0.466 e. The van der Waals surface area contributed by atoms with Crippen LogP contribution in [0, 0.1) is 5.92 Å². The molecule has 0 aromatic heterocycles. The summed E-state index contributed by atoms with van der Waals surface area (Å²) >= 11 is 0. The molecule has 2 atom stereocenters. The summed E-state index contributed by atoms with van der Waals surface area (Å²) in [6.07, 6.45) is 0.429. The van der Waals surface area contributed by atoms with Gasteiger partial charge in [-0.1, -0.05) is 6.92 Å². The van der Waals surface area contributed by atoms with E-state index in [1.165, 1.54) is 0 Å². The smallest absolute Gasteiger partial charge is 0.325 e. The van der Waals surface area contributed by atoms with E-state index in [0.717, 1.165) is 4.90 Å². The highest BCUT2D eigenvalue weighted by Crippen LogP contribution is 2.29. The molecule has 1 fully saturated rings.